The number of alkyl halides is 3. The molecule has 0 bridgehead atoms. The van der Waals surface area contributed by atoms with Crippen LogP contribution in [0.2, 0.25) is 10.0 Å². The maximum Gasteiger partial charge on any atom is 0.418 e. The summed E-state index contributed by atoms with van der Waals surface area (Å²) in [6, 6.07) is 2.36. The van der Waals surface area contributed by atoms with E-state index >= 15 is 0 Å². The fourth-order valence-electron chi connectivity index (χ4n) is 0.811. The van der Waals surface area contributed by atoms with Gasteiger partial charge < -0.3 is 0 Å². The van der Waals surface area contributed by atoms with E-state index < -0.39 is 16.8 Å². The Morgan fingerprint density at radius 1 is 1.08 bits per heavy atom. The van der Waals surface area contributed by atoms with Gasteiger partial charge in [-0.1, -0.05) is 23.2 Å². The molecule has 0 N–H and O–H groups in total. The second kappa shape index (κ2) is 3.59. The molecule has 0 saturated heterocycles. The number of hydrogen-bond acceptors (Lipinski definition) is 1. The van der Waals surface area contributed by atoms with Crippen LogP contribution in [0.25, 0.3) is 0 Å². The average Bonchev–Trinajstić information content (AvgIpc) is 1.95. The first-order chi connectivity index (χ1) is 5.84. The van der Waals surface area contributed by atoms with Gasteiger partial charge in [0.2, 0.25) is 0 Å². The van der Waals surface area contributed by atoms with Crippen molar-refractivity contribution in [2.75, 3.05) is 0 Å². The summed E-state index contributed by atoms with van der Waals surface area (Å²) in [7, 11) is 0. The molecule has 0 fully saturated rings. The molecule has 1 aromatic rings. The molecule has 72 valence electrons. The molecule has 0 radical (unpaired) electrons. The van der Waals surface area contributed by atoms with Crippen molar-refractivity contribution in [1.82, 2.24) is 0 Å². The predicted octanol–water partition coefficient (Wildman–Crippen LogP) is 4.30. The second-order valence-corrected chi connectivity index (χ2v) is 3.51. The molecule has 0 aliphatic carbocycles. The molecule has 0 heterocycles. The van der Waals surface area contributed by atoms with Crippen LogP contribution in [0, 0.1) is 0 Å². The van der Waals surface area contributed by atoms with Gasteiger partial charge in [0.1, 0.15) is 0 Å². The minimum Gasteiger partial charge on any atom is -0.166 e. The monoisotopic (exact) mass is 246 g/mol. The van der Waals surface area contributed by atoms with Crippen LogP contribution in [0.4, 0.5) is 13.2 Å². The third-order valence-corrected chi connectivity index (χ3v) is 2.59. The van der Waals surface area contributed by atoms with Gasteiger partial charge in [-0.05, 0) is 12.1 Å². The summed E-state index contributed by atoms with van der Waals surface area (Å²) < 4.78 is 36.9. The molecule has 1 aromatic carbocycles. The SMILES string of the molecule is FC(F)(F)c1c(Cl)ccc(Cl)c1S. The normalized spacial score (nSPS) is 11.8. The molecule has 0 spiro atoms. The van der Waals surface area contributed by atoms with Gasteiger partial charge in [0.15, 0.2) is 0 Å². The Balaban J connectivity index is 3.43. The van der Waals surface area contributed by atoms with E-state index in [1.54, 1.807) is 0 Å². The van der Waals surface area contributed by atoms with Crippen LogP contribution >= 0.6 is 35.8 Å². The molecule has 1 rings (SSSR count). The van der Waals surface area contributed by atoms with Crippen LogP contribution in [0.1, 0.15) is 5.56 Å². The van der Waals surface area contributed by atoms with E-state index in [-0.39, 0.29) is 9.92 Å². The topological polar surface area (TPSA) is 0 Å². The van der Waals surface area contributed by atoms with Crippen molar-refractivity contribution < 1.29 is 13.2 Å². The van der Waals surface area contributed by atoms with Crippen molar-refractivity contribution in [3.63, 3.8) is 0 Å². The summed E-state index contributed by atoms with van der Waals surface area (Å²) in [6.07, 6.45) is -4.53. The highest BCUT2D eigenvalue weighted by atomic mass is 35.5. The molecule has 0 aliphatic rings. The van der Waals surface area contributed by atoms with Crippen molar-refractivity contribution in [3.05, 3.63) is 27.7 Å². The van der Waals surface area contributed by atoms with Gasteiger partial charge in [0.05, 0.1) is 15.6 Å². The van der Waals surface area contributed by atoms with Crippen LogP contribution < -0.4 is 0 Å². The van der Waals surface area contributed by atoms with Crippen LogP contribution in [0.3, 0.4) is 0 Å². The zero-order valence-electron chi connectivity index (χ0n) is 5.99. The Hall–Kier alpha value is -0.0600. The minimum absolute atomic E-state index is 0.0694. The number of thiol groups is 1. The highest BCUT2D eigenvalue weighted by molar-refractivity contribution is 7.80. The van der Waals surface area contributed by atoms with Gasteiger partial charge in [-0.15, -0.1) is 12.6 Å². The van der Waals surface area contributed by atoms with E-state index in [1.165, 1.54) is 6.07 Å². The molecule has 0 aliphatic heterocycles. The van der Waals surface area contributed by atoms with E-state index in [2.05, 4.69) is 12.6 Å². The van der Waals surface area contributed by atoms with Gasteiger partial charge in [-0.3, -0.25) is 0 Å². The molecule has 0 nitrogen and oxygen atoms in total. The lowest BCUT2D eigenvalue weighted by molar-refractivity contribution is -0.139. The Bertz CT molecular complexity index is 335. The zero-order valence-corrected chi connectivity index (χ0v) is 8.40. The largest absolute Gasteiger partial charge is 0.418 e. The Morgan fingerprint density at radius 2 is 1.54 bits per heavy atom. The van der Waals surface area contributed by atoms with E-state index in [4.69, 9.17) is 23.2 Å². The van der Waals surface area contributed by atoms with Gasteiger partial charge in [-0.25, -0.2) is 0 Å². The lowest BCUT2D eigenvalue weighted by Crippen LogP contribution is -2.07. The van der Waals surface area contributed by atoms with Crippen LogP contribution in [-0.4, -0.2) is 0 Å². The molecule has 0 atom stereocenters. The highest BCUT2D eigenvalue weighted by Gasteiger charge is 2.36. The van der Waals surface area contributed by atoms with Gasteiger partial charge in [0.25, 0.3) is 0 Å². The lowest BCUT2D eigenvalue weighted by atomic mass is 10.2. The fraction of sp³-hybridized carbons (Fsp3) is 0.143. The molecule has 0 amide bonds. The van der Waals surface area contributed by atoms with Gasteiger partial charge in [0, 0.05) is 4.90 Å². The third kappa shape index (κ3) is 2.24. The van der Waals surface area contributed by atoms with Gasteiger partial charge >= 0.3 is 6.18 Å². The number of hydrogen-bond donors (Lipinski definition) is 1. The number of benzene rings is 1. The fourth-order valence-corrected chi connectivity index (χ4v) is 1.62. The van der Waals surface area contributed by atoms with E-state index in [9.17, 15) is 13.2 Å². The summed E-state index contributed by atoms with van der Waals surface area (Å²) >= 11 is 14.5. The van der Waals surface area contributed by atoms with Crippen molar-refractivity contribution in [1.29, 1.82) is 0 Å². The first-order valence-electron chi connectivity index (χ1n) is 3.08. The van der Waals surface area contributed by atoms with Crippen molar-refractivity contribution in [2.45, 2.75) is 11.1 Å². The van der Waals surface area contributed by atoms with Crippen LogP contribution in [0.5, 0.6) is 0 Å². The summed E-state index contributed by atoms with van der Waals surface area (Å²) in [5, 5.41) is -0.470. The summed E-state index contributed by atoms with van der Waals surface area (Å²) in [6.45, 7) is 0. The Labute approximate surface area is 88.1 Å². The average molecular weight is 247 g/mol. The first-order valence-corrected chi connectivity index (χ1v) is 4.28. The summed E-state index contributed by atoms with van der Waals surface area (Å²) in [4.78, 5) is -0.346. The molecule has 13 heavy (non-hydrogen) atoms. The van der Waals surface area contributed by atoms with Crippen molar-refractivity contribution in [3.8, 4) is 0 Å². The van der Waals surface area contributed by atoms with Crippen molar-refractivity contribution >= 4 is 35.8 Å². The van der Waals surface area contributed by atoms with E-state index in [0.717, 1.165) is 6.07 Å². The smallest absolute Gasteiger partial charge is 0.166 e. The van der Waals surface area contributed by atoms with Crippen molar-refractivity contribution in [2.24, 2.45) is 0 Å². The Morgan fingerprint density at radius 3 is 1.92 bits per heavy atom. The number of rotatable bonds is 0. The molecule has 6 heteroatoms. The lowest BCUT2D eigenvalue weighted by Gasteiger charge is -2.11. The van der Waals surface area contributed by atoms with E-state index in [0.29, 0.717) is 0 Å². The first kappa shape index (κ1) is 11.0. The van der Waals surface area contributed by atoms with Gasteiger partial charge in [-0.2, -0.15) is 13.2 Å². The maximum absolute atomic E-state index is 12.3. The highest BCUT2D eigenvalue weighted by Crippen LogP contribution is 2.41. The van der Waals surface area contributed by atoms with Crippen LogP contribution in [-0.2, 0) is 6.18 Å². The molecule has 0 saturated carbocycles. The standard InChI is InChI=1S/C7H3Cl2F3S/c8-3-1-2-4(9)6(13)5(3)7(10,11)12/h1-2,13H. The van der Waals surface area contributed by atoms with Crippen LogP contribution in [0.15, 0.2) is 17.0 Å². The number of halogens is 5. The molecule has 0 unspecified atom stereocenters. The molecule has 0 aromatic heterocycles. The third-order valence-electron chi connectivity index (χ3n) is 1.36. The zero-order chi connectivity index (χ0) is 10.2. The molecular weight excluding hydrogens is 244 g/mol. The minimum atomic E-state index is -4.53. The summed E-state index contributed by atoms with van der Waals surface area (Å²) in [5.41, 5.74) is -0.995. The molecular formula is C7H3Cl2F3S. The quantitative estimate of drug-likeness (QED) is 0.649. The summed E-state index contributed by atoms with van der Waals surface area (Å²) in [5.74, 6) is 0. The predicted molar refractivity (Wildman–Crippen MR) is 48.7 cm³/mol. The van der Waals surface area contributed by atoms with E-state index in [1.807, 2.05) is 0 Å². The Kier molecular flexibility index (Phi) is 3.05. The second-order valence-electron chi connectivity index (χ2n) is 2.25. The maximum atomic E-state index is 12.3.